The average Bonchev–Trinajstić information content (AvgIpc) is 3.33. The molecule has 38 heavy (non-hydrogen) atoms. The second-order valence-electron chi connectivity index (χ2n) is 10.6. The van der Waals surface area contributed by atoms with Gasteiger partial charge in [0.25, 0.3) is 5.91 Å². The van der Waals surface area contributed by atoms with Crippen molar-refractivity contribution in [3.05, 3.63) is 78.4 Å². The number of hydrogen-bond donors (Lipinski definition) is 0. The van der Waals surface area contributed by atoms with Gasteiger partial charge in [0.1, 0.15) is 11.4 Å². The molecule has 2 amide bonds. The Hall–Kier alpha value is -4.27. The minimum atomic E-state index is -0.588. The van der Waals surface area contributed by atoms with Crippen LogP contribution >= 0.6 is 0 Å². The second kappa shape index (κ2) is 10.2. The van der Waals surface area contributed by atoms with Crippen LogP contribution in [0.2, 0.25) is 0 Å². The number of hydrogen-bond acceptors (Lipinski definition) is 6. The van der Waals surface area contributed by atoms with E-state index < -0.39 is 5.60 Å². The molecule has 0 bridgehead atoms. The topological polar surface area (TPSA) is 92.9 Å². The van der Waals surface area contributed by atoms with Crippen LogP contribution in [0.4, 0.5) is 10.6 Å². The molecule has 9 heteroatoms. The van der Waals surface area contributed by atoms with Crippen LogP contribution in [0.3, 0.4) is 0 Å². The monoisotopic (exact) mass is 512 g/mol. The van der Waals surface area contributed by atoms with Gasteiger partial charge in [0.05, 0.1) is 12.2 Å². The number of piperidine rings is 1. The summed E-state index contributed by atoms with van der Waals surface area (Å²) in [7, 11) is 0. The normalized spacial score (nSPS) is 15.9. The number of amides is 2. The third-order valence-corrected chi connectivity index (χ3v) is 6.56. The van der Waals surface area contributed by atoms with Gasteiger partial charge in [0.15, 0.2) is 5.65 Å². The Kier molecular flexibility index (Phi) is 6.84. The van der Waals surface area contributed by atoms with Crippen molar-refractivity contribution in [3.63, 3.8) is 0 Å². The maximum atomic E-state index is 14.0. The lowest BCUT2D eigenvalue weighted by molar-refractivity contribution is 0.0196. The minimum Gasteiger partial charge on any atom is -0.444 e. The molecule has 196 valence electrons. The van der Waals surface area contributed by atoms with Gasteiger partial charge >= 0.3 is 6.09 Å². The summed E-state index contributed by atoms with van der Waals surface area (Å²) in [5, 5.41) is 4.36. The van der Waals surface area contributed by atoms with Gasteiger partial charge in [-0.25, -0.2) is 19.3 Å². The highest BCUT2D eigenvalue weighted by Gasteiger charge is 2.35. The Bertz CT molecular complexity index is 1460. The molecule has 1 fully saturated rings. The molecule has 1 aliphatic rings. The third kappa shape index (κ3) is 5.22. The van der Waals surface area contributed by atoms with Crippen molar-refractivity contribution in [1.82, 2.24) is 24.5 Å². The summed E-state index contributed by atoms with van der Waals surface area (Å²) in [6.45, 7) is 8.47. The van der Waals surface area contributed by atoms with E-state index in [9.17, 15) is 9.59 Å². The first-order valence-corrected chi connectivity index (χ1v) is 12.8. The number of likely N-dealkylation sites (tertiary alicyclic amines) is 1. The lowest BCUT2D eigenvalue weighted by Gasteiger charge is -2.39. The first kappa shape index (κ1) is 25.4. The molecule has 1 atom stereocenters. The van der Waals surface area contributed by atoms with E-state index in [1.54, 1.807) is 32.9 Å². The maximum Gasteiger partial charge on any atom is 0.410 e. The van der Waals surface area contributed by atoms with Crippen molar-refractivity contribution >= 4 is 23.5 Å². The number of pyridine rings is 1. The Labute approximate surface area is 222 Å². The minimum absolute atomic E-state index is 0.160. The zero-order chi connectivity index (χ0) is 26.9. The fourth-order valence-electron chi connectivity index (χ4n) is 4.78. The van der Waals surface area contributed by atoms with E-state index in [2.05, 4.69) is 15.1 Å². The summed E-state index contributed by atoms with van der Waals surface area (Å²) in [5.41, 5.74) is 3.41. The van der Waals surface area contributed by atoms with Crippen molar-refractivity contribution in [2.24, 2.45) is 0 Å². The van der Waals surface area contributed by atoms with Crippen molar-refractivity contribution in [2.75, 3.05) is 18.0 Å². The van der Waals surface area contributed by atoms with Crippen LogP contribution in [-0.4, -0.2) is 61.2 Å². The van der Waals surface area contributed by atoms with Crippen LogP contribution in [-0.2, 0) is 4.74 Å². The smallest absolute Gasteiger partial charge is 0.410 e. The van der Waals surface area contributed by atoms with E-state index in [4.69, 9.17) is 4.74 Å². The molecule has 5 rings (SSSR count). The van der Waals surface area contributed by atoms with Gasteiger partial charge < -0.3 is 9.64 Å². The lowest BCUT2D eigenvalue weighted by atomic mass is 10.0. The molecule has 3 aromatic heterocycles. The lowest BCUT2D eigenvalue weighted by Crippen LogP contribution is -2.53. The van der Waals surface area contributed by atoms with Gasteiger partial charge in [-0.05, 0) is 75.9 Å². The van der Waals surface area contributed by atoms with E-state index in [0.717, 1.165) is 35.2 Å². The Morgan fingerprint density at radius 1 is 1.05 bits per heavy atom. The molecule has 1 aliphatic heterocycles. The molecule has 4 aromatic rings. The maximum absolute atomic E-state index is 14.0. The number of ether oxygens (including phenoxy) is 1. The SMILES string of the molecule is Cc1cccnc1N(C(=O)c1ccc(-c2cnn3cccnc23)cc1)C1CCCN(C(=O)OC(C)(C)C)C1. The van der Waals surface area contributed by atoms with Crippen LogP contribution in [0, 0.1) is 6.92 Å². The number of fused-ring (bicyclic) bond motifs is 1. The highest BCUT2D eigenvalue weighted by atomic mass is 16.6. The number of anilines is 1. The van der Waals surface area contributed by atoms with Crippen molar-refractivity contribution in [1.29, 1.82) is 0 Å². The molecule has 0 spiro atoms. The number of nitrogens with zero attached hydrogens (tertiary/aromatic N) is 6. The molecule has 0 saturated carbocycles. The van der Waals surface area contributed by atoms with Crippen LogP contribution in [0.5, 0.6) is 0 Å². The van der Waals surface area contributed by atoms with Crippen molar-refractivity contribution < 1.29 is 14.3 Å². The second-order valence-corrected chi connectivity index (χ2v) is 10.6. The first-order valence-electron chi connectivity index (χ1n) is 12.8. The number of aromatic nitrogens is 4. The summed E-state index contributed by atoms with van der Waals surface area (Å²) < 4.78 is 7.34. The van der Waals surface area contributed by atoms with E-state index in [1.165, 1.54) is 0 Å². The molecular formula is C29H32N6O3. The Balaban J connectivity index is 1.44. The van der Waals surface area contributed by atoms with Crippen molar-refractivity contribution in [2.45, 2.75) is 52.2 Å². The quantitative estimate of drug-likeness (QED) is 0.376. The largest absolute Gasteiger partial charge is 0.444 e. The number of benzene rings is 1. The van der Waals surface area contributed by atoms with Gasteiger partial charge in [0, 0.05) is 42.8 Å². The molecule has 0 radical (unpaired) electrons. The number of aryl methyl sites for hydroxylation is 1. The van der Waals surface area contributed by atoms with E-state index >= 15 is 0 Å². The van der Waals surface area contributed by atoms with Crippen LogP contribution in [0.15, 0.2) is 67.3 Å². The van der Waals surface area contributed by atoms with Gasteiger partial charge in [0.2, 0.25) is 0 Å². The van der Waals surface area contributed by atoms with E-state index in [-0.39, 0.29) is 18.0 Å². The summed E-state index contributed by atoms with van der Waals surface area (Å²) in [6, 6.07) is 12.9. The predicted molar refractivity (Wildman–Crippen MR) is 145 cm³/mol. The van der Waals surface area contributed by atoms with E-state index in [0.29, 0.717) is 24.5 Å². The summed E-state index contributed by atoms with van der Waals surface area (Å²) in [4.78, 5) is 39.3. The van der Waals surface area contributed by atoms with Crippen LogP contribution in [0.25, 0.3) is 16.8 Å². The summed E-state index contributed by atoms with van der Waals surface area (Å²) in [5.74, 6) is 0.442. The zero-order valence-electron chi connectivity index (χ0n) is 22.2. The molecule has 1 saturated heterocycles. The highest BCUT2D eigenvalue weighted by Crippen LogP contribution is 2.29. The van der Waals surface area contributed by atoms with Gasteiger partial charge in [-0.15, -0.1) is 0 Å². The van der Waals surface area contributed by atoms with Crippen LogP contribution in [0.1, 0.15) is 49.5 Å². The molecule has 1 aromatic carbocycles. The highest BCUT2D eigenvalue weighted by molar-refractivity contribution is 6.06. The predicted octanol–water partition coefficient (Wildman–Crippen LogP) is 5.15. The molecule has 1 unspecified atom stereocenters. The number of carbonyl (C=O) groups is 2. The van der Waals surface area contributed by atoms with Crippen LogP contribution < -0.4 is 4.90 Å². The Morgan fingerprint density at radius 2 is 1.82 bits per heavy atom. The zero-order valence-corrected chi connectivity index (χ0v) is 22.2. The van der Waals surface area contributed by atoms with Gasteiger partial charge in [-0.1, -0.05) is 18.2 Å². The fraction of sp³-hybridized carbons (Fsp3) is 0.345. The average molecular weight is 513 g/mol. The number of rotatable bonds is 4. The summed E-state index contributed by atoms with van der Waals surface area (Å²) >= 11 is 0. The fourth-order valence-corrected chi connectivity index (χ4v) is 4.78. The molecule has 0 aliphatic carbocycles. The molecular weight excluding hydrogens is 480 g/mol. The molecule has 0 N–H and O–H groups in total. The standard InChI is InChI=1S/C29H32N6O3/c1-20-8-5-14-30-25(20)35(23-9-6-16-33(19-23)28(37)38-29(2,3)4)27(36)22-12-10-21(11-13-22)24-18-32-34-17-7-15-31-26(24)34/h5,7-8,10-15,17-18,23H,6,9,16,19H2,1-4H3. The number of carbonyl (C=O) groups excluding carboxylic acids is 2. The van der Waals surface area contributed by atoms with E-state index in [1.807, 2.05) is 76.4 Å². The Morgan fingerprint density at radius 3 is 2.55 bits per heavy atom. The van der Waals surface area contributed by atoms with Crippen molar-refractivity contribution in [3.8, 4) is 11.1 Å². The molecule has 4 heterocycles. The molecule has 9 nitrogen and oxygen atoms in total. The third-order valence-electron chi connectivity index (χ3n) is 6.56. The first-order chi connectivity index (χ1) is 18.2. The van der Waals surface area contributed by atoms with Gasteiger partial charge in [-0.2, -0.15) is 5.10 Å². The van der Waals surface area contributed by atoms with Gasteiger partial charge in [-0.3, -0.25) is 9.69 Å². The summed E-state index contributed by atoms with van der Waals surface area (Å²) in [6.07, 6.45) is 8.21.